The van der Waals surface area contributed by atoms with Crippen LogP contribution in [-0.4, -0.2) is 23.0 Å². The molecule has 0 radical (unpaired) electrons. The molecule has 0 aliphatic rings. The van der Waals surface area contributed by atoms with Crippen molar-refractivity contribution in [1.82, 2.24) is 0 Å². The predicted molar refractivity (Wildman–Crippen MR) is 135 cm³/mol. The third-order valence-corrected chi connectivity index (χ3v) is 12.8. The molecule has 0 aliphatic carbocycles. The molecule has 0 saturated heterocycles. The van der Waals surface area contributed by atoms with Crippen LogP contribution in [0.2, 0.25) is 37.8 Å². The summed E-state index contributed by atoms with van der Waals surface area (Å²) >= 11 is 0. The summed E-state index contributed by atoms with van der Waals surface area (Å²) in [5.74, 6) is 0. The lowest BCUT2D eigenvalue weighted by Crippen LogP contribution is -2.40. The topological polar surface area (TPSA) is 22.4 Å². The Morgan fingerprint density at radius 3 is 1.69 bits per heavy atom. The molecule has 29 heavy (non-hydrogen) atoms. The van der Waals surface area contributed by atoms with Gasteiger partial charge in [-0.05, 0) is 49.0 Å². The normalized spacial score (nSPS) is 13.2. The molecule has 0 bridgehead atoms. The van der Waals surface area contributed by atoms with Gasteiger partial charge in [-0.2, -0.15) is 0 Å². The van der Waals surface area contributed by atoms with E-state index in [0.717, 1.165) is 6.61 Å². The Labute approximate surface area is 184 Å². The molecule has 2 nitrogen and oxygen atoms in total. The molecule has 0 aromatic carbocycles. The quantitative estimate of drug-likeness (QED) is 0.203. The molecule has 0 amide bonds. The summed E-state index contributed by atoms with van der Waals surface area (Å²) in [5, 5.41) is 1.58. The number of hydrogen-bond acceptors (Lipinski definition) is 2. The third-order valence-electron chi connectivity index (χ3n) is 6.52. The van der Waals surface area contributed by atoms with Gasteiger partial charge in [-0.15, -0.1) is 0 Å². The zero-order valence-electron chi connectivity index (χ0n) is 21.0. The Morgan fingerprint density at radius 1 is 0.759 bits per heavy atom. The minimum atomic E-state index is -1.53. The van der Waals surface area contributed by atoms with Gasteiger partial charge < -0.3 is 8.84 Å². The third kappa shape index (κ3) is 11.0. The van der Waals surface area contributed by atoms with Crippen molar-refractivity contribution in [2.24, 2.45) is 0 Å². The van der Waals surface area contributed by atoms with Crippen molar-refractivity contribution in [1.29, 1.82) is 0 Å². The van der Waals surface area contributed by atoms with Crippen LogP contribution in [0.15, 0.2) is 16.7 Å². The second-order valence-electron chi connectivity index (χ2n) is 11.5. The van der Waals surface area contributed by atoms with Gasteiger partial charge in [0, 0.05) is 6.61 Å². The zero-order chi connectivity index (χ0) is 22.0. The second-order valence-corrected chi connectivity index (χ2v) is 21.3. The van der Waals surface area contributed by atoms with Crippen molar-refractivity contribution in [2.45, 2.75) is 129 Å². The number of aryl methyl sites for hydroxylation is 1. The SMILES string of the molecule is CC(C)(C)[Si](C)(C)OCCCCCCCCCCCCc1coc([Si](C)(C)C)c1. The summed E-state index contributed by atoms with van der Waals surface area (Å²) in [5.41, 5.74) is 1.40. The highest BCUT2D eigenvalue weighted by molar-refractivity contribution is 6.87. The van der Waals surface area contributed by atoms with Gasteiger partial charge in [-0.25, -0.2) is 0 Å². The Bertz CT molecular complexity index is 550. The Morgan fingerprint density at radius 2 is 1.24 bits per heavy atom. The summed E-state index contributed by atoms with van der Waals surface area (Å²) in [4.78, 5) is 0. The highest BCUT2D eigenvalue weighted by Crippen LogP contribution is 2.36. The Balaban J connectivity index is 1.91. The van der Waals surface area contributed by atoms with Crippen LogP contribution in [0.3, 0.4) is 0 Å². The predicted octanol–water partition coefficient (Wildman–Crippen LogP) is 8.29. The van der Waals surface area contributed by atoms with E-state index in [4.69, 9.17) is 8.84 Å². The van der Waals surface area contributed by atoms with Crippen molar-refractivity contribution in [3.63, 3.8) is 0 Å². The zero-order valence-corrected chi connectivity index (χ0v) is 23.0. The van der Waals surface area contributed by atoms with Gasteiger partial charge in [0.15, 0.2) is 8.32 Å². The van der Waals surface area contributed by atoms with Crippen LogP contribution < -0.4 is 5.38 Å². The van der Waals surface area contributed by atoms with Crippen LogP contribution in [0.4, 0.5) is 0 Å². The summed E-state index contributed by atoms with van der Waals surface area (Å²) in [6, 6.07) is 2.31. The summed E-state index contributed by atoms with van der Waals surface area (Å²) in [6.45, 7) is 19.7. The lowest BCUT2D eigenvalue weighted by atomic mass is 10.0. The van der Waals surface area contributed by atoms with E-state index in [1.54, 1.807) is 0 Å². The molecule has 0 spiro atoms. The first-order valence-corrected chi connectivity index (χ1v) is 18.6. The first kappa shape index (κ1) is 26.7. The number of hydrogen-bond donors (Lipinski definition) is 0. The highest BCUT2D eigenvalue weighted by Gasteiger charge is 2.36. The van der Waals surface area contributed by atoms with E-state index in [-0.39, 0.29) is 0 Å². The standard InChI is InChI=1S/C25H50O2Si2/c1-25(2,3)29(7,8)27-20-18-16-14-12-10-9-11-13-15-17-19-23-21-24(26-22-23)28(4,5)6/h21-22H,9-20H2,1-8H3. The summed E-state index contributed by atoms with van der Waals surface area (Å²) in [6.07, 6.45) is 16.8. The van der Waals surface area contributed by atoms with E-state index in [2.05, 4.69) is 59.6 Å². The van der Waals surface area contributed by atoms with E-state index in [9.17, 15) is 0 Å². The molecular weight excluding hydrogens is 388 g/mol. The first-order valence-electron chi connectivity index (χ1n) is 12.2. The molecule has 0 unspecified atom stereocenters. The fourth-order valence-corrected chi connectivity index (χ4v) is 5.41. The molecule has 1 heterocycles. The van der Waals surface area contributed by atoms with E-state index in [1.165, 1.54) is 81.6 Å². The van der Waals surface area contributed by atoms with Gasteiger partial charge in [0.05, 0.1) is 11.6 Å². The van der Waals surface area contributed by atoms with Gasteiger partial charge in [-0.3, -0.25) is 0 Å². The fraction of sp³-hybridized carbons (Fsp3) is 0.840. The van der Waals surface area contributed by atoms with Crippen molar-refractivity contribution in [2.75, 3.05) is 6.61 Å². The van der Waals surface area contributed by atoms with Crippen LogP contribution in [-0.2, 0) is 10.8 Å². The van der Waals surface area contributed by atoms with E-state index < -0.39 is 16.4 Å². The van der Waals surface area contributed by atoms with Gasteiger partial charge in [0.1, 0.15) is 8.07 Å². The monoisotopic (exact) mass is 438 g/mol. The molecule has 1 aromatic rings. The van der Waals surface area contributed by atoms with Crippen LogP contribution >= 0.6 is 0 Å². The van der Waals surface area contributed by atoms with Crippen molar-refractivity contribution in [3.8, 4) is 0 Å². The molecule has 0 atom stereocenters. The minimum absolute atomic E-state index is 0.336. The molecule has 0 fully saturated rings. The molecule has 0 aliphatic heterocycles. The number of unbranched alkanes of at least 4 members (excludes halogenated alkanes) is 9. The van der Waals surface area contributed by atoms with Crippen LogP contribution in [0.1, 0.15) is 90.5 Å². The van der Waals surface area contributed by atoms with E-state index in [1.807, 2.05) is 6.26 Å². The van der Waals surface area contributed by atoms with Crippen LogP contribution in [0.5, 0.6) is 0 Å². The van der Waals surface area contributed by atoms with E-state index >= 15 is 0 Å². The van der Waals surface area contributed by atoms with Crippen molar-refractivity contribution in [3.05, 3.63) is 17.9 Å². The maximum absolute atomic E-state index is 6.26. The van der Waals surface area contributed by atoms with Gasteiger partial charge >= 0.3 is 0 Å². The van der Waals surface area contributed by atoms with Crippen molar-refractivity contribution >= 4 is 21.8 Å². The Kier molecular flexibility index (Phi) is 11.5. The second kappa shape index (κ2) is 12.5. The molecule has 4 heteroatoms. The van der Waals surface area contributed by atoms with Gasteiger partial charge in [-0.1, -0.05) is 91.8 Å². The molecule has 1 rings (SSSR count). The number of rotatable bonds is 15. The molecule has 0 N–H and O–H groups in total. The molecule has 0 saturated carbocycles. The molecule has 1 aromatic heterocycles. The minimum Gasteiger partial charge on any atom is -0.474 e. The average Bonchev–Trinajstić information content (AvgIpc) is 3.07. The first-order chi connectivity index (χ1) is 13.4. The maximum atomic E-state index is 6.26. The number of furan rings is 1. The fourth-order valence-electron chi connectivity index (χ4n) is 3.29. The van der Waals surface area contributed by atoms with Crippen LogP contribution in [0.25, 0.3) is 0 Å². The smallest absolute Gasteiger partial charge is 0.191 e. The maximum Gasteiger partial charge on any atom is 0.191 e. The van der Waals surface area contributed by atoms with Gasteiger partial charge in [0.25, 0.3) is 0 Å². The molecular formula is C25H50O2Si2. The lowest BCUT2D eigenvalue weighted by Gasteiger charge is -2.36. The highest BCUT2D eigenvalue weighted by atomic mass is 28.4. The average molecular weight is 439 g/mol. The van der Waals surface area contributed by atoms with Crippen LogP contribution in [0, 0.1) is 0 Å². The van der Waals surface area contributed by atoms with Gasteiger partial charge in [0.2, 0.25) is 0 Å². The summed E-state index contributed by atoms with van der Waals surface area (Å²) < 4.78 is 12.0. The summed E-state index contributed by atoms with van der Waals surface area (Å²) in [7, 11) is -2.82. The molecule has 170 valence electrons. The van der Waals surface area contributed by atoms with E-state index in [0.29, 0.717) is 5.04 Å². The Hall–Kier alpha value is -0.326. The largest absolute Gasteiger partial charge is 0.474 e. The lowest BCUT2D eigenvalue weighted by molar-refractivity contribution is 0.277. The van der Waals surface area contributed by atoms with Crippen molar-refractivity contribution < 1.29 is 8.84 Å².